The van der Waals surface area contributed by atoms with Gasteiger partial charge in [-0.05, 0) is 43.3 Å². The second-order valence-corrected chi connectivity index (χ2v) is 7.28. The zero-order valence-electron chi connectivity index (χ0n) is 17.3. The van der Waals surface area contributed by atoms with Crippen LogP contribution in [0.1, 0.15) is 6.92 Å². The molecule has 1 unspecified atom stereocenters. The van der Waals surface area contributed by atoms with Gasteiger partial charge in [0.15, 0.2) is 0 Å². The molecule has 31 heavy (non-hydrogen) atoms. The Labute approximate surface area is 179 Å². The minimum absolute atomic E-state index is 0.203. The van der Waals surface area contributed by atoms with E-state index in [1.165, 1.54) is 24.3 Å². The van der Waals surface area contributed by atoms with Crippen LogP contribution in [-0.2, 0) is 4.79 Å². The molecule has 0 spiro atoms. The number of nitrogens with one attached hydrogen (secondary N) is 1. The predicted molar refractivity (Wildman–Crippen MR) is 111 cm³/mol. The zero-order chi connectivity index (χ0) is 22.3. The maximum absolute atomic E-state index is 12.5. The molecule has 1 aliphatic rings. The van der Waals surface area contributed by atoms with Crippen molar-refractivity contribution in [2.24, 2.45) is 0 Å². The smallest absolute Gasteiger partial charge is 0.492 e. The molecular weight excluding hydrogens is 411 g/mol. The van der Waals surface area contributed by atoms with Gasteiger partial charge in [-0.1, -0.05) is 18.2 Å². The lowest BCUT2D eigenvalue weighted by atomic mass is 10.2. The van der Waals surface area contributed by atoms with Gasteiger partial charge in [-0.15, -0.1) is 13.2 Å². The van der Waals surface area contributed by atoms with Crippen LogP contribution in [0.5, 0.6) is 11.5 Å². The molecule has 0 radical (unpaired) electrons. The summed E-state index contributed by atoms with van der Waals surface area (Å²) in [5.41, 5.74) is 0.420. The van der Waals surface area contributed by atoms with Gasteiger partial charge in [0.25, 0.3) is 0 Å². The molecule has 1 fully saturated rings. The molecule has 1 amide bonds. The summed E-state index contributed by atoms with van der Waals surface area (Å²) in [5, 5.41) is 2.74. The van der Waals surface area contributed by atoms with Crippen LogP contribution in [-0.4, -0.2) is 67.4 Å². The van der Waals surface area contributed by atoms with E-state index in [-0.39, 0.29) is 17.7 Å². The number of piperazine rings is 1. The van der Waals surface area contributed by atoms with E-state index in [2.05, 4.69) is 19.9 Å². The van der Waals surface area contributed by atoms with E-state index < -0.39 is 6.36 Å². The molecule has 1 N–H and O–H groups in total. The zero-order valence-corrected chi connectivity index (χ0v) is 17.3. The molecule has 1 heterocycles. The Balaban J connectivity index is 1.39. The Bertz CT molecular complexity index is 823. The summed E-state index contributed by atoms with van der Waals surface area (Å²) in [6.45, 7) is 6.41. The molecule has 3 rings (SSSR count). The summed E-state index contributed by atoms with van der Waals surface area (Å²) < 4.78 is 46.3. The number of para-hydroxylation sites is 1. The fourth-order valence-corrected chi connectivity index (χ4v) is 3.34. The highest BCUT2D eigenvalue weighted by atomic mass is 19.4. The summed E-state index contributed by atoms with van der Waals surface area (Å²) in [5.74, 6) is 0.320. The second-order valence-electron chi connectivity index (χ2n) is 7.28. The van der Waals surface area contributed by atoms with Crippen molar-refractivity contribution in [2.75, 3.05) is 44.6 Å². The van der Waals surface area contributed by atoms with Gasteiger partial charge in [-0.2, -0.15) is 0 Å². The molecule has 0 aliphatic carbocycles. The lowest BCUT2D eigenvalue weighted by Gasteiger charge is -2.37. The van der Waals surface area contributed by atoms with Crippen molar-refractivity contribution in [2.45, 2.75) is 19.3 Å². The molecule has 0 bridgehead atoms. The summed E-state index contributed by atoms with van der Waals surface area (Å²) in [6.07, 6.45) is -4.74. The van der Waals surface area contributed by atoms with Crippen LogP contribution >= 0.6 is 0 Å². The quantitative estimate of drug-likeness (QED) is 0.684. The lowest BCUT2D eigenvalue weighted by molar-refractivity contribution is -0.274. The van der Waals surface area contributed by atoms with E-state index in [9.17, 15) is 18.0 Å². The number of hydrogen-bond donors (Lipinski definition) is 1. The molecule has 1 atom stereocenters. The molecule has 168 valence electrons. The molecule has 6 nitrogen and oxygen atoms in total. The molecule has 2 aromatic rings. The van der Waals surface area contributed by atoms with Gasteiger partial charge in [0.1, 0.15) is 18.1 Å². The number of carbonyl (C=O) groups is 1. The van der Waals surface area contributed by atoms with Crippen LogP contribution in [0, 0.1) is 0 Å². The van der Waals surface area contributed by atoms with Gasteiger partial charge in [0.05, 0.1) is 6.04 Å². The van der Waals surface area contributed by atoms with Crippen molar-refractivity contribution < 1.29 is 27.4 Å². The highest BCUT2D eigenvalue weighted by molar-refractivity contribution is 5.94. The van der Waals surface area contributed by atoms with Crippen molar-refractivity contribution in [3.05, 3.63) is 54.6 Å². The number of halogens is 3. The first-order chi connectivity index (χ1) is 14.8. The first-order valence-electron chi connectivity index (χ1n) is 10.1. The molecule has 2 aromatic carbocycles. The Morgan fingerprint density at radius 2 is 1.65 bits per heavy atom. The first kappa shape index (κ1) is 22.9. The van der Waals surface area contributed by atoms with E-state index in [4.69, 9.17) is 4.74 Å². The van der Waals surface area contributed by atoms with Crippen LogP contribution in [0.2, 0.25) is 0 Å². The van der Waals surface area contributed by atoms with E-state index in [0.717, 1.165) is 38.5 Å². The van der Waals surface area contributed by atoms with Crippen LogP contribution < -0.4 is 14.8 Å². The monoisotopic (exact) mass is 437 g/mol. The third-order valence-electron chi connectivity index (χ3n) is 5.11. The molecule has 1 aliphatic heterocycles. The maximum Gasteiger partial charge on any atom is 0.573 e. The first-order valence-corrected chi connectivity index (χ1v) is 10.1. The number of anilines is 1. The number of alkyl halides is 3. The number of ether oxygens (including phenoxy) is 2. The predicted octanol–water partition coefficient (Wildman–Crippen LogP) is 3.61. The van der Waals surface area contributed by atoms with Gasteiger partial charge >= 0.3 is 6.36 Å². The van der Waals surface area contributed by atoms with Crippen molar-refractivity contribution in [3.63, 3.8) is 0 Å². The SMILES string of the molecule is CC(C(=O)Nc1ccc(OC(F)(F)F)cc1)N1CCN(CCOc2ccccc2)CC1. The number of rotatable bonds is 8. The van der Waals surface area contributed by atoms with E-state index in [1.807, 2.05) is 37.3 Å². The molecule has 1 saturated heterocycles. The standard InChI is InChI=1S/C22H26F3N3O3/c1-17(21(29)26-18-7-9-20(10-8-18)31-22(23,24)25)28-13-11-27(12-14-28)15-16-30-19-5-3-2-4-6-19/h2-10,17H,11-16H2,1H3,(H,26,29). The van der Waals surface area contributed by atoms with Crippen LogP contribution in [0.25, 0.3) is 0 Å². The summed E-state index contributed by atoms with van der Waals surface area (Å²) >= 11 is 0. The molecular formula is C22H26F3N3O3. The largest absolute Gasteiger partial charge is 0.573 e. The van der Waals surface area contributed by atoms with Crippen molar-refractivity contribution in [1.29, 1.82) is 0 Å². The Morgan fingerprint density at radius 1 is 1.00 bits per heavy atom. The van der Waals surface area contributed by atoms with Crippen LogP contribution in [0.3, 0.4) is 0 Å². The molecule has 0 saturated carbocycles. The van der Waals surface area contributed by atoms with Gasteiger partial charge in [-0.25, -0.2) is 0 Å². The van der Waals surface area contributed by atoms with Gasteiger partial charge in [0, 0.05) is 38.4 Å². The lowest BCUT2D eigenvalue weighted by Crippen LogP contribution is -2.53. The van der Waals surface area contributed by atoms with E-state index in [0.29, 0.717) is 12.3 Å². The maximum atomic E-state index is 12.5. The normalized spacial score (nSPS) is 16.5. The fourth-order valence-electron chi connectivity index (χ4n) is 3.34. The number of benzene rings is 2. The van der Waals surface area contributed by atoms with Crippen molar-refractivity contribution in [1.82, 2.24) is 9.80 Å². The average Bonchev–Trinajstić information content (AvgIpc) is 2.75. The third kappa shape index (κ3) is 7.45. The fraction of sp³-hybridized carbons (Fsp3) is 0.409. The Kier molecular flexibility index (Phi) is 7.75. The number of amides is 1. The number of hydrogen-bond acceptors (Lipinski definition) is 5. The highest BCUT2D eigenvalue weighted by Crippen LogP contribution is 2.24. The second kappa shape index (κ2) is 10.5. The van der Waals surface area contributed by atoms with Crippen LogP contribution in [0.4, 0.5) is 18.9 Å². The number of nitrogens with zero attached hydrogens (tertiary/aromatic N) is 2. The Morgan fingerprint density at radius 3 is 2.26 bits per heavy atom. The molecule has 0 aromatic heterocycles. The van der Waals surface area contributed by atoms with Crippen molar-refractivity contribution >= 4 is 11.6 Å². The van der Waals surface area contributed by atoms with Crippen molar-refractivity contribution in [3.8, 4) is 11.5 Å². The van der Waals surface area contributed by atoms with Crippen LogP contribution in [0.15, 0.2) is 54.6 Å². The van der Waals surface area contributed by atoms with Gasteiger partial charge in [-0.3, -0.25) is 14.6 Å². The van der Waals surface area contributed by atoms with Gasteiger partial charge < -0.3 is 14.8 Å². The summed E-state index contributed by atoms with van der Waals surface area (Å²) in [4.78, 5) is 16.9. The minimum Gasteiger partial charge on any atom is -0.492 e. The summed E-state index contributed by atoms with van der Waals surface area (Å²) in [7, 11) is 0. The topological polar surface area (TPSA) is 54.0 Å². The Hall–Kier alpha value is -2.78. The van der Waals surface area contributed by atoms with E-state index >= 15 is 0 Å². The highest BCUT2D eigenvalue weighted by Gasteiger charge is 2.31. The third-order valence-corrected chi connectivity index (χ3v) is 5.11. The van der Waals surface area contributed by atoms with E-state index in [1.54, 1.807) is 0 Å². The van der Waals surface area contributed by atoms with Gasteiger partial charge in [0.2, 0.25) is 5.91 Å². The number of carbonyl (C=O) groups excluding carboxylic acids is 1. The minimum atomic E-state index is -4.74. The molecule has 9 heteroatoms. The average molecular weight is 437 g/mol. The summed E-state index contributed by atoms with van der Waals surface area (Å²) in [6, 6.07) is 14.4.